The Kier molecular flexibility index (Phi) is 4.22. The largest absolute Gasteiger partial charge is 0.283 e. The van der Waals surface area contributed by atoms with E-state index in [0.29, 0.717) is 11.4 Å². The Morgan fingerprint density at radius 2 is 1.83 bits per heavy atom. The molecule has 0 aliphatic rings. The van der Waals surface area contributed by atoms with Gasteiger partial charge < -0.3 is 0 Å². The first kappa shape index (κ1) is 12.9. The molecule has 0 aliphatic heterocycles. The van der Waals surface area contributed by atoms with Gasteiger partial charge in [-0.25, -0.2) is 4.68 Å². The quantitative estimate of drug-likeness (QED) is 0.774. The summed E-state index contributed by atoms with van der Waals surface area (Å²) in [6, 6.07) is 9.93. The highest BCUT2D eigenvalue weighted by atomic mass is 32.1. The molecule has 96 valence electrons. The molecule has 0 aliphatic carbocycles. The maximum Gasteiger partial charge on any atom is 0.243 e. The summed E-state index contributed by atoms with van der Waals surface area (Å²) in [5.41, 5.74) is 0.986. The van der Waals surface area contributed by atoms with E-state index in [1.54, 1.807) is 4.80 Å². The summed E-state index contributed by atoms with van der Waals surface area (Å²) < 4.78 is 2.33. The summed E-state index contributed by atoms with van der Waals surface area (Å²) in [6.45, 7) is 6.88. The molecule has 0 unspecified atom stereocenters. The van der Waals surface area contributed by atoms with Crippen molar-refractivity contribution >= 4 is 12.2 Å². The first-order chi connectivity index (χ1) is 8.76. The minimum absolute atomic E-state index is 0.480. The van der Waals surface area contributed by atoms with Crippen molar-refractivity contribution in [3.05, 3.63) is 35.1 Å². The van der Waals surface area contributed by atoms with Crippen LogP contribution in [0.25, 0.3) is 5.69 Å². The van der Waals surface area contributed by atoms with Crippen molar-refractivity contribution in [3.63, 3.8) is 0 Å². The molecule has 1 aromatic heterocycles. The molecule has 2 aromatic rings. The lowest BCUT2D eigenvalue weighted by Gasteiger charge is -2.19. The van der Waals surface area contributed by atoms with Crippen molar-refractivity contribution in [1.29, 1.82) is 0 Å². The number of nitrogens with zero attached hydrogens (tertiary/aromatic N) is 5. The van der Waals surface area contributed by atoms with Crippen LogP contribution in [0.2, 0.25) is 0 Å². The highest BCUT2D eigenvalue weighted by molar-refractivity contribution is 7.71. The molecule has 0 bridgehead atoms. The van der Waals surface area contributed by atoms with Crippen LogP contribution >= 0.6 is 12.2 Å². The summed E-state index contributed by atoms with van der Waals surface area (Å²) >= 11 is 5.23. The van der Waals surface area contributed by atoms with Crippen molar-refractivity contribution < 1.29 is 0 Å². The van der Waals surface area contributed by atoms with Crippen LogP contribution in [0.1, 0.15) is 13.8 Å². The molecule has 0 radical (unpaired) electrons. The molecule has 6 heteroatoms. The highest BCUT2D eigenvalue weighted by Gasteiger charge is 2.08. The van der Waals surface area contributed by atoms with Crippen LogP contribution in [0, 0.1) is 4.77 Å². The van der Waals surface area contributed by atoms with E-state index in [4.69, 9.17) is 12.2 Å². The lowest BCUT2D eigenvalue weighted by molar-refractivity contribution is 0.202. The van der Waals surface area contributed by atoms with E-state index < -0.39 is 0 Å². The Hall–Kier alpha value is -1.53. The van der Waals surface area contributed by atoms with Gasteiger partial charge in [0.05, 0.1) is 5.69 Å². The van der Waals surface area contributed by atoms with Crippen molar-refractivity contribution in [2.24, 2.45) is 0 Å². The van der Waals surface area contributed by atoms with Gasteiger partial charge in [0.1, 0.15) is 6.67 Å². The van der Waals surface area contributed by atoms with Crippen LogP contribution in [0.4, 0.5) is 0 Å². The Bertz CT molecular complexity index is 541. The summed E-state index contributed by atoms with van der Waals surface area (Å²) in [5.74, 6) is 0. The number of hydrogen-bond donors (Lipinski definition) is 0. The second-order valence-electron chi connectivity index (χ2n) is 3.94. The van der Waals surface area contributed by atoms with E-state index in [9.17, 15) is 0 Å². The maximum absolute atomic E-state index is 5.23. The molecule has 1 aromatic carbocycles. The van der Waals surface area contributed by atoms with Gasteiger partial charge >= 0.3 is 0 Å². The summed E-state index contributed by atoms with van der Waals surface area (Å²) in [5, 5.41) is 8.09. The van der Waals surface area contributed by atoms with E-state index in [0.717, 1.165) is 18.8 Å². The fourth-order valence-electron chi connectivity index (χ4n) is 1.78. The molecule has 0 atom stereocenters. The van der Waals surface area contributed by atoms with E-state index in [2.05, 4.69) is 29.1 Å². The molecule has 0 spiro atoms. The topological polar surface area (TPSA) is 38.9 Å². The third kappa shape index (κ3) is 2.65. The average Bonchev–Trinajstić information content (AvgIpc) is 2.78. The number of aromatic nitrogens is 4. The Labute approximate surface area is 112 Å². The summed E-state index contributed by atoms with van der Waals surface area (Å²) in [7, 11) is 0. The van der Waals surface area contributed by atoms with Crippen LogP contribution in [0.5, 0.6) is 0 Å². The molecular formula is C12H17N5S. The Morgan fingerprint density at radius 3 is 2.44 bits per heavy atom. The number of tetrazole rings is 1. The van der Waals surface area contributed by atoms with E-state index >= 15 is 0 Å². The zero-order chi connectivity index (χ0) is 13.0. The molecule has 0 N–H and O–H groups in total. The molecule has 0 amide bonds. The van der Waals surface area contributed by atoms with Crippen molar-refractivity contribution in [2.75, 3.05) is 13.1 Å². The van der Waals surface area contributed by atoms with Gasteiger partial charge in [0.2, 0.25) is 4.77 Å². The number of rotatable bonds is 5. The first-order valence-corrected chi connectivity index (χ1v) is 6.47. The normalized spacial score (nSPS) is 11.1. The first-order valence-electron chi connectivity index (χ1n) is 6.06. The van der Waals surface area contributed by atoms with Gasteiger partial charge in [-0.2, -0.15) is 4.80 Å². The standard InChI is InChI=1S/C12H17N5S/c1-3-15(4-2)10-16-14-13-12(18)17(16)11-8-6-5-7-9-11/h5-9H,3-4,10H2,1-2H3. The second kappa shape index (κ2) is 5.88. The van der Waals surface area contributed by atoms with E-state index in [-0.39, 0.29) is 0 Å². The van der Waals surface area contributed by atoms with Crippen molar-refractivity contribution in [3.8, 4) is 5.69 Å². The predicted molar refractivity (Wildman–Crippen MR) is 73.1 cm³/mol. The summed E-state index contributed by atoms with van der Waals surface area (Å²) in [4.78, 5) is 4.05. The highest BCUT2D eigenvalue weighted by Crippen LogP contribution is 2.07. The minimum Gasteiger partial charge on any atom is -0.283 e. The number of hydrogen-bond acceptors (Lipinski definition) is 4. The van der Waals surface area contributed by atoms with E-state index in [1.165, 1.54) is 0 Å². The van der Waals surface area contributed by atoms with Crippen LogP contribution in [0.15, 0.2) is 30.3 Å². The van der Waals surface area contributed by atoms with Crippen molar-refractivity contribution in [1.82, 2.24) is 24.7 Å². The average molecular weight is 263 g/mol. The molecule has 5 nitrogen and oxygen atoms in total. The van der Waals surface area contributed by atoms with Gasteiger partial charge in [0.25, 0.3) is 0 Å². The zero-order valence-electron chi connectivity index (χ0n) is 10.7. The van der Waals surface area contributed by atoms with Crippen LogP contribution in [0.3, 0.4) is 0 Å². The third-order valence-electron chi connectivity index (χ3n) is 2.87. The molecule has 0 saturated heterocycles. The third-order valence-corrected chi connectivity index (χ3v) is 3.12. The van der Waals surface area contributed by atoms with E-state index in [1.807, 2.05) is 35.0 Å². The minimum atomic E-state index is 0.480. The molecular weight excluding hydrogens is 246 g/mol. The van der Waals surface area contributed by atoms with Gasteiger partial charge in [0.15, 0.2) is 0 Å². The monoisotopic (exact) mass is 263 g/mol. The van der Waals surface area contributed by atoms with Gasteiger partial charge in [0, 0.05) is 0 Å². The lowest BCUT2D eigenvalue weighted by atomic mass is 10.3. The Balaban J connectivity index is 2.36. The molecule has 0 saturated carbocycles. The van der Waals surface area contributed by atoms with Crippen LogP contribution in [-0.2, 0) is 6.67 Å². The fraction of sp³-hybridized carbons (Fsp3) is 0.417. The van der Waals surface area contributed by atoms with Crippen LogP contribution < -0.4 is 0 Å². The second-order valence-corrected chi connectivity index (χ2v) is 4.30. The molecule has 0 fully saturated rings. The maximum atomic E-state index is 5.23. The van der Waals surface area contributed by atoms with Gasteiger partial charge in [-0.05, 0) is 42.7 Å². The SMILES string of the molecule is CCN(CC)Cn1nnc(=S)n1-c1ccccc1. The smallest absolute Gasteiger partial charge is 0.243 e. The Morgan fingerprint density at radius 1 is 1.17 bits per heavy atom. The predicted octanol–water partition coefficient (Wildman–Crippen LogP) is 2.10. The van der Waals surface area contributed by atoms with Gasteiger partial charge in [-0.15, -0.1) is 0 Å². The lowest BCUT2D eigenvalue weighted by Crippen LogP contribution is -2.29. The fourth-order valence-corrected chi connectivity index (χ4v) is 2.01. The van der Waals surface area contributed by atoms with Gasteiger partial charge in [-0.1, -0.05) is 37.1 Å². The molecule has 2 rings (SSSR count). The molecule has 18 heavy (non-hydrogen) atoms. The number of benzene rings is 1. The summed E-state index contributed by atoms with van der Waals surface area (Å²) in [6.07, 6.45) is 0. The van der Waals surface area contributed by atoms with Gasteiger partial charge in [-0.3, -0.25) is 4.90 Å². The zero-order valence-corrected chi connectivity index (χ0v) is 11.5. The molecule has 1 heterocycles. The van der Waals surface area contributed by atoms with Crippen LogP contribution in [-0.4, -0.2) is 37.8 Å². The van der Waals surface area contributed by atoms with Crippen molar-refractivity contribution in [2.45, 2.75) is 20.5 Å². The number of para-hydroxylation sites is 1.